The SMILES string of the molecule is COc1cc(N2CCC3(CCCCN3C)CC2)ccc1Nc1ncnc(Nc2ccccc2S(=O)(=O)C(C)C)n1. The van der Waals surface area contributed by atoms with E-state index in [-0.39, 0.29) is 10.8 Å². The summed E-state index contributed by atoms with van der Waals surface area (Å²) in [6, 6.07) is 12.9. The van der Waals surface area contributed by atoms with Gasteiger partial charge in [0.2, 0.25) is 11.9 Å². The molecule has 0 unspecified atom stereocenters. The molecule has 3 aromatic rings. The minimum absolute atomic E-state index is 0.205. The minimum atomic E-state index is -3.49. The second kappa shape index (κ2) is 11.6. The third kappa shape index (κ3) is 5.71. The molecule has 0 bridgehead atoms. The highest BCUT2D eigenvalue weighted by molar-refractivity contribution is 7.92. The first-order chi connectivity index (χ1) is 19.2. The molecule has 11 heteroatoms. The molecule has 0 atom stereocenters. The summed E-state index contributed by atoms with van der Waals surface area (Å²) in [6.45, 7) is 6.57. The Balaban J connectivity index is 1.30. The monoisotopic (exact) mass is 565 g/mol. The van der Waals surface area contributed by atoms with Gasteiger partial charge in [-0.25, -0.2) is 18.4 Å². The molecule has 2 saturated heterocycles. The Bertz CT molecular complexity index is 1440. The van der Waals surface area contributed by atoms with Crippen LogP contribution in [0.25, 0.3) is 0 Å². The van der Waals surface area contributed by atoms with Crippen molar-refractivity contribution in [2.24, 2.45) is 0 Å². The molecule has 1 aromatic heterocycles. The molecule has 0 radical (unpaired) electrons. The Morgan fingerprint density at radius 3 is 2.30 bits per heavy atom. The Morgan fingerprint density at radius 1 is 0.925 bits per heavy atom. The molecular weight excluding hydrogens is 526 g/mol. The van der Waals surface area contributed by atoms with E-state index in [0.717, 1.165) is 24.5 Å². The van der Waals surface area contributed by atoms with Crippen molar-refractivity contribution in [3.8, 4) is 5.75 Å². The summed E-state index contributed by atoms with van der Waals surface area (Å²) in [7, 11) is 0.444. The molecule has 10 nitrogen and oxygen atoms in total. The van der Waals surface area contributed by atoms with Crippen LogP contribution >= 0.6 is 0 Å². The average molecular weight is 566 g/mol. The Morgan fingerprint density at radius 2 is 1.62 bits per heavy atom. The van der Waals surface area contributed by atoms with E-state index in [1.54, 1.807) is 45.2 Å². The summed E-state index contributed by atoms with van der Waals surface area (Å²) in [6.07, 6.45) is 7.66. The summed E-state index contributed by atoms with van der Waals surface area (Å²) >= 11 is 0. The number of aromatic nitrogens is 3. The molecule has 40 heavy (non-hydrogen) atoms. The number of ether oxygens (including phenoxy) is 1. The van der Waals surface area contributed by atoms with E-state index < -0.39 is 15.1 Å². The molecule has 2 aliphatic heterocycles. The number of rotatable bonds is 8. The van der Waals surface area contributed by atoms with Gasteiger partial charge in [0.25, 0.3) is 0 Å². The normalized spacial score (nSPS) is 17.7. The van der Waals surface area contributed by atoms with Crippen LogP contribution in [0.5, 0.6) is 5.75 Å². The fourth-order valence-corrected chi connectivity index (χ4v) is 6.96. The molecule has 2 aliphatic rings. The third-order valence-electron chi connectivity index (χ3n) is 8.32. The van der Waals surface area contributed by atoms with E-state index in [9.17, 15) is 8.42 Å². The standard InChI is InChI=1S/C29H39N7O3S/c1-21(2)40(37,38)26-10-6-5-9-24(26)33-28-31-20-30-27(34-28)32-23-12-11-22(19-25(23)39-4)36-17-14-29(15-18-36)13-7-8-16-35(29)3/h5-6,9-12,19-21H,7-8,13-18H2,1-4H3,(H2,30,31,32,33,34). The molecule has 3 heterocycles. The first-order valence-corrected chi connectivity index (χ1v) is 15.5. The van der Waals surface area contributed by atoms with Gasteiger partial charge in [-0.15, -0.1) is 0 Å². The molecule has 0 amide bonds. The molecular formula is C29H39N7O3S. The molecule has 0 saturated carbocycles. The van der Waals surface area contributed by atoms with Gasteiger partial charge in [-0.2, -0.15) is 4.98 Å². The van der Waals surface area contributed by atoms with Crippen LogP contribution in [0.2, 0.25) is 0 Å². The molecule has 214 valence electrons. The van der Waals surface area contributed by atoms with Gasteiger partial charge in [0, 0.05) is 30.4 Å². The lowest BCUT2D eigenvalue weighted by molar-refractivity contribution is 0.0495. The Kier molecular flexibility index (Phi) is 8.14. The number of nitrogens with one attached hydrogen (secondary N) is 2. The van der Waals surface area contributed by atoms with E-state index in [1.165, 1.54) is 45.0 Å². The number of para-hydroxylation sites is 1. The van der Waals surface area contributed by atoms with E-state index in [0.29, 0.717) is 22.9 Å². The zero-order valence-corrected chi connectivity index (χ0v) is 24.5. The van der Waals surface area contributed by atoms with Gasteiger partial charge in [-0.1, -0.05) is 18.6 Å². The fourth-order valence-electron chi connectivity index (χ4n) is 5.75. The minimum Gasteiger partial charge on any atom is -0.494 e. The first-order valence-electron chi connectivity index (χ1n) is 13.9. The topological polar surface area (TPSA) is 113 Å². The highest BCUT2D eigenvalue weighted by Crippen LogP contribution is 2.39. The van der Waals surface area contributed by atoms with Crippen LogP contribution < -0.4 is 20.3 Å². The predicted octanol–water partition coefficient (Wildman–Crippen LogP) is 5.00. The second-order valence-electron chi connectivity index (χ2n) is 10.9. The quantitative estimate of drug-likeness (QED) is 0.387. The number of piperidine rings is 2. The highest BCUT2D eigenvalue weighted by atomic mass is 32.2. The van der Waals surface area contributed by atoms with Crippen LogP contribution in [0.15, 0.2) is 53.7 Å². The van der Waals surface area contributed by atoms with Gasteiger partial charge in [-0.05, 0) is 77.4 Å². The zero-order chi connectivity index (χ0) is 28.3. The summed E-state index contributed by atoms with van der Waals surface area (Å²) in [4.78, 5) is 18.1. The van der Waals surface area contributed by atoms with E-state index in [1.807, 2.05) is 6.07 Å². The van der Waals surface area contributed by atoms with Crippen molar-refractivity contribution in [1.82, 2.24) is 19.9 Å². The van der Waals surface area contributed by atoms with Crippen molar-refractivity contribution >= 4 is 38.8 Å². The van der Waals surface area contributed by atoms with Crippen LogP contribution in [0.3, 0.4) is 0 Å². The number of methoxy groups -OCH3 is 1. The largest absolute Gasteiger partial charge is 0.494 e. The lowest BCUT2D eigenvalue weighted by Crippen LogP contribution is -2.56. The average Bonchev–Trinajstić information content (AvgIpc) is 2.96. The van der Waals surface area contributed by atoms with Crippen molar-refractivity contribution < 1.29 is 13.2 Å². The number of likely N-dealkylation sites (tertiary alicyclic amines) is 1. The van der Waals surface area contributed by atoms with Crippen molar-refractivity contribution in [3.63, 3.8) is 0 Å². The van der Waals surface area contributed by atoms with Gasteiger partial charge in [0.05, 0.1) is 28.6 Å². The number of nitrogens with zero attached hydrogens (tertiary/aromatic N) is 5. The van der Waals surface area contributed by atoms with Gasteiger partial charge in [0.15, 0.2) is 9.84 Å². The molecule has 2 N–H and O–H groups in total. The highest BCUT2D eigenvalue weighted by Gasteiger charge is 2.39. The number of benzene rings is 2. The number of sulfone groups is 1. The molecule has 2 fully saturated rings. The van der Waals surface area contributed by atoms with Crippen LogP contribution in [-0.4, -0.2) is 72.9 Å². The molecule has 0 aliphatic carbocycles. The first kappa shape index (κ1) is 28.1. The second-order valence-corrected chi connectivity index (χ2v) is 13.4. The fraction of sp³-hybridized carbons (Fsp3) is 0.483. The summed E-state index contributed by atoms with van der Waals surface area (Å²) < 4.78 is 31.4. The lowest BCUT2D eigenvalue weighted by atomic mass is 9.79. The van der Waals surface area contributed by atoms with Crippen molar-refractivity contribution in [2.45, 2.75) is 61.6 Å². The van der Waals surface area contributed by atoms with Crippen molar-refractivity contribution in [2.75, 3.05) is 49.3 Å². The molecule has 5 rings (SSSR count). The van der Waals surface area contributed by atoms with Gasteiger partial charge < -0.3 is 25.2 Å². The van der Waals surface area contributed by atoms with Gasteiger partial charge in [0.1, 0.15) is 12.1 Å². The van der Waals surface area contributed by atoms with Crippen molar-refractivity contribution in [3.05, 3.63) is 48.8 Å². The lowest BCUT2D eigenvalue weighted by Gasteiger charge is -2.50. The summed E-state index contributed by atoms with van der Waals surface area (Å²) in [5.74, 6) is 1.23. The van der Waals surface area contributed by atoms with Gasteiger partial charge >= 0.3 is 0 Å². The zero-order valence-electron chi connectivity index (χ0n) is 23.7. The van der Waals surface area contributed by atoms with E-state index >= 15 is 0 Å². The maximum Gasteiger partial charge on any atom is 0.232 e. The van der Waals surface area contributed by atoms with Crippen LogP contribution in [-0.2, 0) is 9.84 Å². The predicted molar refractivity (Wildman–Crippen MR) is 159 cm³/mol. The van der Waals surface area contributed by atoms with E-state index in [2.05, 4.69) is 54.6 Å². The van der Waals surface area contributed by atoms with Crippen molar-refractivity contribution in [1.29, 1.82) is 0 Å². The Hall–Kier alpha value is -3.44. The van der Waals surface area contributed by atoms with Crippen LogP contribution in [0.4, 0.5) is 29.0 Å². The number of hydrogen-bond acceptors (Lipinski definition) is 10. The Labute approximate surface area is 237 Å². The van der Waals surface area contributed by atoms with E-state index in [4.69, 9.17) is 4.74 Å². The maximum atomic E-state index is 12.8. The maximum absolute atomic E-state index is 12.8. The third-order valence-corrected chi connectivity index (χ3v) is 10.5. The number of anilines is 5. The van der Waals surface area contributed by atoms with Crippen LogP contribution in [0, 0.1) is 0 Å². The summed E-state index contributed by atoms with van der Waals surface area (Å²) in [5.41, 5.74) is 2.63. The molecule has 2 aromatic carbocycles. The number of hydrogen-bond donors (Lipinski definition) is 2. The summed E-state index contributed by atoms with van der Waals surface area (Å²) in [5, 5.41) is 5.72. The van der Waals surface area contributed by atoms with Crippen LogP contribution in [0.1, 0.15) is 46.0 Å². The van der Waals surface area contributed by atoms with Gasteiger partial charge in [-0.3, -0.25) is 0 Å². The smallest absolute Gasteiger partial charge is 0.232 e. The molecule has 1 spiro atoms.